The molecule has 1 aliphatic rings. The van der Waals surface area contributed by atoms with Gasteiger partial charge in [0, 0.05) is 61.4 Å². The first-order valence-corrected chi connectivity index (χ1v) is 9.31. The molecule has 4 N–H and O–H groups in total. The van der Waals surface area contributed by atoms with Gasteiger partial charge in [0.15, 0.2) is 0 Å². The summed E-state index contributed by atoms with van der Waals surface area (Å²) in [5, 5.41) is 14.8. The summed E-state index contributed by atoms with van der Waals surface area (Å²) >= 11 is 0. The summed E-state index contributed by atoms with van der Waals surface area (Å²) in [4.78, 5) is 23.1. The summed E-state index contributed by atoms with van der Waals surface area (Å²) in [6.07, 6.45) is 5.84. The molecular weight excluding hydrogens is 354 g/mol. The molecule has 1 amide bonds. The van der Waals surface area contributed by atoms with Crippen molar-refractivity contribution in [2.45, 2.75) is 18.6 Å². The second kappa shape index (κ2) is 7.53. The van der Waals surface area contributed by atoms with Crippen molar-refractivity contribution in [2.75, 3.05) is 24.5 Å². The quantitative estimate of drug-likeness (QED) is 0.622. The van der Waals surface area contributed by atoms with E-state index in [0.29, 0.717) is 31.6 Å². The summed E-state index contributed by atoms with van der Waals surface area (Å²) in [5.74, 6) is -0.208. The van der Waals surface area contributed by atoms with E-state index in [2.05, 4.69) is 20.2 Å². The number of benzene rings is 1. The van der Waals surface area contributed by atoms with Crippen LogP contribution in [0, 0.1) is 0 Å². The van der Waals surface area contributed by atoms with E-state index in [0.717, 1.165) is 22.2 Å². The summed E-state index contributed by atoms with van der Waals surface area (Å²) in [6, 6.07) is 11.0. The molecule has 0 radical (unpaired) electrons. The van der Waals surface area contributed by atoms with Crippen LogP contribution in [-0.2, 0) is 6.54 Å². The number of nitrogens with two attached hydrogens (primary N) is 1. The van der Waals surface area contributed by atoms with E-state index in [4.69, 9.17) is 5.73 Å². The zero-order chi connectivity index (χ0) is 19.6. The molecule has 28 heavy (non-hydrogen) atoms. The second-order valence-corrected chi connectivity index (χ2v) is 7.21. The van der Waals surface area contributed by atoms with Crippen molar-refractivity contribution >= 4 is 22.5 Å². The van der Waals surface area contributed by atoms with Crippen LogP contribution in [0.4, 0.5) is 5.69 Å². The topological polar surface area (TPSA) is 104 Å². The number of amides is 1. The number of aromatic nitrogens is 2. The van der Waals surface area contributed by atoms with Gasteiger partial charge in [-0.1, -0.05) is 12.1 Å². The van der Waals surface area contributed by atoms with Gasteiger partial charge in [-0.05, 0) is 36.2 Å². The molecule has 3 aromatic rings. The van der Waals surface area contributed by atoms with Gasteiger partial charge in [0.25, 0.3) is 5.91 Å². The molecule has 1 saturated heterocycles. The zero-order valence-electron chi connectivity index (χ0n) is 15.5. The van der Waals surface area contributed by atoms with Gasteiger partial charge in [-0.3, -0.25) is 14.8 Å². The highest BCUT2D eigenvalue weighted by atomic mass is 16.3. The highest BCUT2D eigenvalue weighted by Crippen LogP contribution is 2.31. The molecule has 7 nitrogen and oxygen atoms in total. The minimum absolute atomic E-state index is 0.191. The number of rotatable bonds is 5. The average Bonchev–Trinajstić information content (AvgIpc) is 3.14. The number of pyridine rings is 2. The van der Waals surface area contributed by atoms with Gasteiger partial charge in [-0.25, -0.2) is 0 Å². The monoisotopic (exact) mass is 377 g/mol. The summed E-state index contributed by atoms with van der Waals surface area (Å²) < 4.78 is 0. The van der Waals surface area contributed by atoms with Crippen molar-refractivity contribution in [3.8, 4) is 0 Å². The Balaban J connectivity index is 1.44. The van der Waals surface area contributed by atoms with Crippen LogP contribution in [0.2, 0.25) is 0 Å². The van der Waals surface area contributed by atoms with Crippen LogP contribution in [-0.4, -0.2) is 46.2 Å². The molecule has 1 aliphatic heterocycles. The minimum Gasteiger partial charge on any atom is -0.386 e. The second-order valence-electron chi connectivity index (χ2n) is 7.21. The number of hydrogen-bond donors (Lipinski definition) is 3. The number of fused-ring (bicyclic) bond motifs is 1. The SMILES string of the molecule is NCc1cccc(C(=O)NC[C@]2(O)CCN(c3ccnc4ccncc34)C2)c1. The van der Waals surface area contributed by atoms with Gasteiger partial charge in [0.1, 0.15) is 5.60 Å². The Hall–Kier alpha value is -3.03. The molecule has 3 heterocycles. The van der Waals surface area contributed by atoms with Crippen LogP contribution in [0.3, 0.4) is 0 Å². The van der Waals surface area contributed by atoms with Crippen LogP contribution in [0.1, 0.15) is 22.3 Å². The molecule has 0 aliphatic carbocycles. The van der Waals surface area contributed by atoms with Crippen LogP contribution in [0.15, 0.2) is 55.0 Å². The van der Waals surface area contributed by atoms with E-state index < -0.39 is 5.60 Å². The van der Waals surface area contributed by atoms with E-state index >= 15 is 0 Å². The standard InChI is InChI=1S/C21H23N5O2/c22-11-15-2-1-3-16(10-15)20(27)25-13-21(28)6-9-26(14-21)19-5-8-24-18-4-7-23-12-17(18)19/h1-5,7-8,10,12,28H,6,9,11,13-14,22H2,(H,25,27)/t21-/m1/s1. The molecule has 0 bridgehead atoms. The predicted molar refractivity (Wildman–Crippen MR) is 108 cm³/mol. The Morgan fingerprint density at radius 3 is 3.04 bits per heavy atom. The molecule has 1 fully saturated rings. The Kier molecular flexibility index (Phi) is 4.93. The number of nitrogens with zero attached hydrogens (tertiary/aromatic N) is 3. The first-order chi connectivity index (χ1) is 13.6. The van der Waals surface area contributed by atoms with Crippen molar-refractivity contribution in [3.63, 3.8) is 0 Å². The van der Waals surface area contributed by atoms with E-state index in [-0.39, 0.29) is 12.5 Å². The van der Waals surface area contributed by atoms with Gasteiger partial charge in [0.2, 0.25) is 0 Å². The first-order valence-electron chi connectivity index (χ1n) is 9.31. The van der Waals surface area contributed by atoms with Crippen LogP contribution < -0.4 is 16.0 Å². The summed E-state index contributed by atoms with van der Waals surface area (Å²) in [6.45, 7) is 1.71. The molecule has 0 spiro atoms. The number of aliphatic hydroxyl groups is 1. The normalized spacial score (nSPS) is 19.1. The lowest BCUT2D eigenvalue weighted by molar-refractivity contribution is 0.0576. The fraction of sp³-hybridized carbons (Fsp3) is 0.286. The van der Waals surface area contributed by atoms with E-state index in [1.165, 1.54) is 0 Å². The summed E-state index contributed by atoms with van der Waals surface area (Å²) in [5.41, 5.74) is 7.97. The third kappa shape index (κ3) is 3.67. The lowest BCUT2D eigenvalue weighted by atomic mass is 10.0. The third-order valence-electron chi connectivity index (χ3n) is 5.20. The molecular formula is C21H23N5O2. The van der Waals surface area contributed by atoms with E-state index in [1.54, 1.807) is 30.7 Å². The number of β-amino-alcohol motifs (C(OH)–C–C–N with tert-alkyl or cyclic N) is 1. The van der Waals surface area contributed by atoms with Crippen LogP contribution in [0.25, 0.3) is 10.9 Å². The lowest BCUT2D eigenvalue weighted by Gasteiger charge is -2.25. The number of hydrogen-bond acceptors (Lipinski definition) is 6. The Morgan fingerprint density at radius 1 is 1.29 bits per heavy atom. The van der Waals surface area contributed by atoms with Crippen molar-refractivity contribution in [1.29, 1.82) is 0 Å². The maximum Gasteiger partial charge on any atom is 0.251 e. The maximum atomic E-state index is 12.4. The molecule has 4 rings (SSSR count). The van der Waals surface area contributed by atoms with Gasteiger partial charge in [0.05, 0.1) is 5.52 Å². The molecule has 144 valence electrons. The first kappa shape index (κ1) is 18.3. The fourth-order valence-corrected chi connectivity index (χ4v) is 3.64. The molecule has 2 aromatic heterocycles. The molecule has 0 unspecified atom stereocenters. The Labute approximate surface area is 163 Å². The highest BCUT2D eigenvalue weighted by Gasteiger charge is 2.37. The Bertz CT molecular complexity index is 1000. The van der Waals surface area contributed by atoms with Crippen molar-refractivity contribution in [3.05, 3.63) is 66.1 Å². The molecule has 1 aromatic carbocycles. The third-order valence-corrected chi connectivity index (χ3v) is 5.20. The van der Waals surface area contributed by atoms with Crippen LogP contribution in [0.5, 0.6) is 0 Å². The zero-order valence-corrected chi connectivity index (χ0v) is 15.5. The minimum atomic E-state index is -0.987. The summed E-state index contributed by atoms with van der Waals surface area (Å²) in [7, 11) is 0. The lowest BCUT2D eigenvalue weighted by Crippen LogP contribution is -2.45. The maximum absolute atomic E-state index is 12.4. The van der Waals surface area contributed by atoms with Gasteiger partial charge in [-0.2, -0.15) is 0 Å². The predicted octanol–water partition coefficient (Wildman–Crippen LogP) is 1.46. The fourth-order valence-electron chi connectivity index (χ4n) is 3.64. The number of carbonyl (C=O) groups excluding carboxylic acids is 1. The molecule has 0 saturated carbocycles. The van der Waals surface area contributed by atoms with E-state index in [9.17, 15) is 9.90 Å². The number of nitrogens with one attached hydrogen (secondary N) is 1. The van der Waals surface area contributed by atoms with Gasteiger partial charge >= 0.3 is 0 Å². The highest BCUT2D eigenvalue weighted by molar-refractivity contribution is 5.94. The van der Waals surface area contributed by atoms with E-state index in [1.807, 2.05) is 24.3 Å². The van der Waals surface area contributed by atoms with Gasteiger partial charge < -0.3 is 21.1 Å². The van der Waals surface area contributed by atoms with Gasteiger partial charge in [-0.15, -0.1) is 0 Å². The van der Waals surface area contributed by atoms with Crippen molar-refractivity contribution < 1.29 is 9.90 Å². The smallest absolute Gasteiger partial charge is 0.251 e. The Morgan fingerprint density at radius 2 is 2.18 bits per heavy atom. The average molecular weight is 377 g/mol. The largest absolute Gasteiger partial charge is 0.386 e. The van der Waals surface area contributed by atoms with Crippen molar-refractivity contribution in [1.82, 2.24) is 15.3 Å². The van der Waals surface area contributed by atoms with Crippen molar-refractivity contribution in [2.24, 2.45) is 5.73 Å². The number of carbonyl (C=O) groups is 1. The molecule has 1 atom stereocenters. The number of anilines is 1. The van der Waals surface area contributed by atoms with Crippen LogP contribution >= 0.6 is 0 Å². The molecule has 7 heteroatoms.